The first-order valence-electron chi connectivity index (χ1n) is 6.83. The summed E-state index contributed by atoms with van der Waals surface area (Å²) in [5.74, 6) is 0.502. The topological polar surface area (TPSA) is 80.6 Å². The number of ether oxygens (including phenoxy) is 1. The lowest BCUT2D eigenvalue weighted by molar-refractivity contribution is 0.0598. The second-order valence-electron chi connectivity index (χ2n) is 4.70. The molecule has 0 aliphatic rings. The molecule has 6 heteroatoms. The number of methoxy groups -OCH3 is 1. The van der Waals surface area contributed by atoms with Gasteiger partial charge in [0.25, 0.3) is 0 Å². The fourth-order valence-electron chi connectivity index (χ4n) is 1.95. The van der Waals surface area contributed by atoms with Crippen molar-refractivity contribution in [3.05, 3.63) is 59.0 Å². The second-order valence-corrected chi connectivity index (χ2v) is 4.70. The van der Waals surface area contributed by atoms with Gasteiger partial charge in [0.15, 0.2) is 0 Å². The Hall–Kier alpha value is -2.76. The van der Waals surface area contributed by atoms with Gasteiger partial charge in [-0.15, -0.1) is 0 Å². The predicted octanol–water partition coefficient (Wildman–Crippen LogP) is 2.37. The quantitative estimate of drug-likeness (QED) is 0.831. The maximum atomic E-state index is 11.7. The molecule has 0 aliphatic carbocycles. The zero-order chi connectivity index (χ0) is 15.9. The number of carbonyl (C=O) groups excluding carboxylic acids is 2. The summed E-state index contributed by atoms with van der Waals surface area (Å²) < 4.78 is 10.1. The van der Waals surface area contributed by atoms with Gasteiger partial charge in [-0.1, -0.05) is 30.3 Å². The van der Waals surface area contributed by atoms with Crippen LogP contribution in [0.2, 0.25) is 0 Å². The molecule has 2 N–H and O–H groups in total. The van der Waals surface area contributed by atoms with E-state index in [2.05, 4.69) is 15.4 Å². The first kappa shape index (κ1) is 15.6. The molecule has 2 aromatic rings. The highest BCUT2D eigenvalue weighted by Crippen LogP contribution is 2.15. The normalized spacial score (nSPS) is 10.1. The zero-order valence-corrected chi connectivity index (χ0v) is 12.5. The average molecular weight is 302 g/mol. The first-order chi connectivity index (χ1) is 10.6. The van der Waals surface area contributed by atoms with E-state index in [1.807, 2.05) is 30.3 Å². The van der Waals surface area contributed by atoms with Gasteiger partial charge in [0.05, 0.1) is 13.7 Å². The summed E-state index contributed by atoms with van der Waals surface area (Å²) in [6.45, 7) is 2.31. The van der Waals surface area contributed by atoms with E-state index in [-0.39, 0.29) is 12.6 Å². The monoisotopic (exact) mass is 302 g/mol. The van der Waals surface area contributed by atoms with Gasteiger partial charge in [-0.3, -0.25) is 0 Å². The molecule has 1 aromatic heterocycles. The largest absolute Gasteiger partial charge is 0.465 e. The van der Waals surface area contributed by atoms with E-state index in [1.165, 1.54) is 7.11 Å². The summed E-state index contributed by atoms with van der Waals surface area (Å²) >= 11 is 0. The third-order valence-corrected chi connectivity index (χ3v) is 3.09. The van der Waals surface area contributed by atoms with Gasteiger partial charge in [-0.25, -0.2) is 9.59 Å². The van der Waals surface area contributed by atoms with E-state index in [9.17, 15) is 9.59 Å². The lowest BCUT2D eigenvalue weighted by atomic mass is 10.2. The Bertz CT molecular complexity index is 649. The molecule has 1 heterocycles. The van der Waals surface area contributed by atoms with Crippen molar-refractivity contribution in [2.24, 2.45) is 0 Å². The Morgan fingerprint density at radius 2 is 1.82 bits per heavy atom. The van der Waals surface area contributed by atoms with Crippen LogP contribution in [0.5, 0.6) is 0 Å². The zero-order valence-electron chi connectivity index (χ0n) is 12.5. The van der Waals surface area contributed by atoms with Gasteiger partial charge < -0.3 is 19.8 Å². The van der Waals surface area contributed by atoms with Gasteiger partial charge >= 0.3 is 12.0 Å². The Morgan fingerprint density at radius 1 is 1.14 bits per heavy atom. The van der Waals surface area contributed by atoms with Crippen LogP contribution in [0.25, 0.3) is 0 Å². The van der Waals surface area contributed by atoms with Crippen LogP contribution in [0, 0.1) is 6.92 Å². The van der Waals surface area contributed by atoms with Gasteiger partial charge in [-0.05, 0) is 18.6 Å². The molecule has 0 bridgehead atoms. The molecular weight excluding hydrogens is 284 g/mol. The van der Waals surface area contributed by atoms with Gasteiger partial charge in [0.1, 0.15) is 17.1 Å². The van der Waals surface area contributed by atoms with Crippen molar-refractivity contribution in [3.63, 3.8) is 0 Å². The number of rotatable bonds is 5. The summed E-state index contributed by atoms with van der Waals surface area (Å²) in [6, 6.07) is 10.9. The standard InChI is InChI=1S/C16H18N2O4/c1-11-14(15(19)21-2)8-13(22-11)10-18-16(20)17-9-12-6-4-3-5-7-12/h3-8H,9-10H2,1-2H3,(H2,17,18,20). The number of aryl methyl sites for hydroxylation is 1. The summed E-state index contributed by atoms with van der Waals surface area (Å²) in [7, 11) is 1.31. The molecule has 0 aliphatic heterocycles. The Kier molecular flexibility index (Phi) is 5.19. The number of furan rings is 1. The number of hydrogen-bond acceptors (Lipinski definition) is 4. The van der Waals surface area contributed by atoms with E-state index >= 15 is 0 Å². The fraction of sp³-hybridized carbons (Fsp3) is 0.250. The minimum Gasteiger partial charge on any atom is -0.465 e. The van der Waals surface area contributed by atoms with Crippen molar-refractivity contribution >= 4 is 12.0 Å². The van der Waals surface area contributed by atoms with Crippen LogP contribution in [-0.2, 0) is 17.8 Å². The lowest BCUT2D eigenvalue weighted by Crippen LogP contribution is -2.34. The van der Waals surface area contributed by atoms with E-state index in [4.69, 9.17) is 4.42 Å². The molecule has 0 saturated carbocycles. The molecular formula is C16H18N2O4. The van der Waals surface area contributed by atoms with Crippen LogP contribution in [0.4, 0.5) is 4.79 Å². The number of nitrogens with one attached hydrogen (secondary N) is 2. The molecule has 116 valence electrons. The van der Waals surface area contributed by atoms with Gasteiger partial charge in [-0.2, -0.15) is 0 Å². The molecule has 22 heavy (non-hydrogen) atoms. The van der Waals surface area contributed by atoms with Crippen LogP contribution in [0.1, 0.15) is 27.4 Å². The summed E-state index contributed by atoms with van der Waals surface area (Å²) in [5.41, 5.74) is 1.38. The van der Waals surface area contributed by atoms with E-state index in [1.54, 1.807) is 13.0 Å². The van der Waals surface area contributed by atoms with E-state index in [0.29, 0.717) is 23.6 Å². The van der Waals surface area contributed by atoms with Crippen molar-refractivity contribution in [3.8, 4) is 0 Å². The van der Waals surface area contributed by atoms with E-state index in [0.717, 1.165) is 5.56 Å². The maximum absolute atomic E-state index is 11.7. The molecule has 1 aromatic carbocycles. The molecule has 0 atom stereocenters. The minimum atomic E-state index is -0.457. The SMILES string of the molecule is COC(=O)c1cc(CNC(=O)NCc2ccccc2)oc1C. The van der Waals surface area contributed by atoms with Crippen LogP contribution in [0.3, 0.4) is 0 Å². The fourth-order valence-corrected chi connectivity index (χ4v) is 1.95. The molecule has 2 rings (SSSR count). The number of urea groups is 1. The van der Waals surface area contributed by atoms with Crippen molar-refractivity contribution in [1.29, 1.82) is 0 Å². The van der Waals surface area contributed by atoms with Crippen LogP contribution in [-0.4, -0.2) is 19.1 Å². The summed E-state index contributed by atoms with van der Waals surface area (Å²) in [5, 5.41) is 5.41. The van der Waals surface area contributed by atoms with Gasteiger partial charge in [0.2, 0.25) is 0 Å². The highest BCUT2D eigenvalue weighted by Gasteiger charge is 2.15. The number of hydrogen-bond donors (Lipinski definition) is 2. The van der Waals surface area contributed by atoms with Crippen LogP contribution in [0.15, 0.2) is 40.8 Å². The molecule has 0 radical (unpaired) electrons. The Morgan fingerprint density at radius 3 is 2.50 bits per heavy atom. The highest BCUT2D eigenvalue weighted by molar-refractivity contribution is 5.90. The number of amides is 2. The maximum Gasteiger partial charge on any atom is 0.341 e. The van der Waals surface area contributed by atoms with E-state index < -0.39 is 5.97 Å². The molecule has 0 saturated heterocycles. The smallest absolute Gasteiger partial charge is 0.341 e. The highest BCUT2D eigenvalue weighted by atomic mass is 16.5. The van der Waals surface area contributed by atoms with Gasteiger partial charge in [0, 0.05) is 6.54 Å². The minimum absolute atomic E-state index is 0.193. The summed E-state index contributed by atoms with van der Waals surface area (Å²) in [4.78, 5) is 23.2. The second kappa shape index (κ2) is 7.31. The predicted molar refractivity (Wildman–Crippen MR) is 80.3 cm³/mol. The Balaban J connectivity index is 1.82. The molecule has 0 spiro atoms. The third kappa shape index (κ3) is 4.12. The average Bonchev–Trinajstić information content (AvgIpc) is 2.92. The Labute approximate surface area is 128 Å². The van der Waals surface area contributed by atoms with Crippen LogP contribution >= 0.6 is 0 Å². The number of esters is 1. The number of carbonyl (C=O) groups is 2. The molecule has 6 nitrogen and oxygen atoms in total. The molecule has 2 amide bonds. The molecule has 0 fully saturated rings. The van der Waals surface area contributed by atoms with Crippen molar-refractivity contribution in [1.82, 2.24) is 10.6 Å². The van der Waals surface area contributed by atoms with Crippen molar-refractivity contribution in [2.45, 2.75) is 20.0 Å². The van der Waals surface area contributed by atoms with Crippen LogP contribution < -0.4 is 10.6 Å². The first-order valence-corrected chi connectivity index (χ1v) is 6.83. The number of benzene rings is 1. The summed E-state index contributed by atoms with van der Waals surface area (Å²) in [6.07, 6.45) is 0. The van der Waals surface area contributed by atoms with Crippen molar-refractivity contribution in [2.75, 3.05) is 7.11 Å². The third-order valence-electron chi connectivity index (χ3n) is 3.09. The van der Waals surface area contributed by atoms with Crippen molar-refractivity contribution < 1.29 is 18.7 Å². The lowest BCUT2D eigenvalue weighted by Gasteiger charge is -2.06. The molecule has 0 unspecified atom stereocenters.